The molecule has 3 aromatic rings. The summed E-state index contributed by atoms with van der Waals surface area (Å²) in [6, 6.07) is 11.7. The van der Waals surface area contributed by atoms with Gasteiger partial charge in [-0.25, -0.2) is 0 Å². The predicted octanol–water partition coefficient (Wildman–Crippen LogP) is 5.10. The van der Waals surface area contributed by atoms with Crippen LogP contribution in [0.25, 0.3) is 0 Å². The molecule has 3 rings (SSSR count). The van der Waals surface area contributed by atoms with Crippen LogP contribution in [-0.4, -0.2) is 34.9 Å². The van der Waals surface area contributed by atoms with Gasteiger partial charge >= 0.3 is 12.1 Å². The van der Waals surface area contributed by atoms with Crippen LogP contribution in [0.5, 0.6) is 11.5 Å². The number of ether oxygens (including phenoxy) is 1. The Hall–Kier alpha value is -4.12. The first kappa shape index (κ1) is 26.5. The van der Waals surface area contributed by atoms with Crippen LogP contribution >= 0.6 is 11.6 Å². The second kappa shape index (κ2) is 11.1. The first-order valence-electron chi connectivity index (χ1n) is 10.3. The number of anilines is 1. The first-order chi connectivity index (χ1) is 17.0. The summed E-state index contributed by atoms with van der Waals surface area (Å²) < 4.78 is 44.8. The van der Waals surface area contributed by atoms with Crippen molar-refractivity contribution in [2.45, 2.75) is 18.5 Å². The molecule has 0 radical (unpaired) electrons. The Labute approximate surface area is 208 Å². The molecule has 3 N–H and O–H groups in total. The Kier molecular flexibility index (Phi) is 8.15. The Morgan fingerprint density at radius 3 is 2.36 bits per heavy atom. The molecule has 2 amide bonds. The van der Waals surface area contributed by atoms with Crippen LogP contribution in [0.3, 0.4) is 0 Å². The summed E-state index contributed by atoms with van der Waals surface area (Å²) in [7, 11) is 1.46. The van der Waals surface area contributed by atoms with E-state index in [4.69, 9.17) is 16.3 Å². The van der Waals surface area contributed by atoms with Gasteiger partial charge in [0.15, 0.2) is 0 Å². The van der Waals surface area contributed by atoms with Gasteiger partial charge in [0, 0.05) is 31.4 Å². The number of aliphatic carboxylic acids is 1. The van der Waals surface area contributed by atoms with E-state index < -0.39 is 46.9 Å². The molecule has 0 aliphatic carbocycles. The number of alkyl halides is 3. The summed E-state index contributed by atoms with van der Waals surface area (Å²) in [6.07, 6.45) is -3.85. The van der Waals surface area contributed by atoms with Crippen molar-refractivity contribution >= 4 is 35.1 Å². The third-order valence-electron chi connectivity index (χ3n) is 4.95. The minimum absolute atomic E-state index is 0.145. The van der Waals surface area contributed by atoms with Crippen molar-refractivity contribution in [1.82, 2.24) is 10.3 Å². The summed E-state index contributed by atoms with van der Waals surface area (Å²) in [6.45, 7) is 0. The fraction of sp³-hybridized carbons (Fsp3) is 0.167. The van der Waals surface area contributed by atoms with E-state index in [1.54, 1.807) is 0 Å². The molecule has 0 aliphatic heterocycles. The first-order valence-corrected chi connectivity index (χ1v) is 10.7. The van der Waals surface area contributed by atoms with Gasteiger partial charge in [0.1, 0.15) is 17.2 Å². The van der Waals surface area contributed by atoms with Gasteiger partial charge in [-0.2, -0.15) is 13.2 Å². The molecule has 1 atom stereocenters. The molecule has 8 nitrogen and oxygen atoms in total. The Bertz CT molecular complexity index is 1280. The summed E-state index contributed by atoms with van der Waals surface area (Å²) in [5.74, 6) is -3.10. The SMILES string of the molecule is CNC(=O)c1cc(Oc2ccc(C(CC(=O)Nc3ccc(Cl)c(C(F)(F)F)c3)C(=O)O)cc2)ccn1. The van der Waals surface area contributed by atoms with Crippen molar-refractivity contribution < 1.29 is 37.4 Å². The van der Waals surface area contributed by atoms with E-state index in [0.717, 1.165) is 6.07 Å². The minimum Gasteiger partial charge on any atom is -0.481 e. The maximum Gasteiger partial charge on any atom is 0.417 e. The van der Waals surface area contributed by atoms with Crippen molar-refractivity contribution in [3.05, 3.63) is 82.6 Å². The van der Waals surface area contributed by atoms with E-state index in [-0.39, 0.29) is 16.9 Å². The van der Waals surface area contributed by atoms with Gasteiger partial charge in [0.05, 0.1) is 16.5 Å². The number of hydrogen-bond donors (Lipinski definition) is 3. The zero-order valence-corrected chi connectivity index (χ0v) is 19.4. The molecule has 0 saturated heterocycles. The van der Waals surface area contributed by atoms with Crippen molar-refractivity contribution in [1.29, 1.82) is 0 Å². The lowest BCUT2D eigenvalue weighted by atomic mass is 9.95. The number of halogens is 4. The predicted molar refractivity (Wildman–Crippen MR) is 124 cm³/mol. The Morgan fingerprint density at radius 2 is 1.75 bits per heavy atom. The van der Waals surface area contributed by atoms with Gasteiger partial charge in [-0.05, 0) is 42.0 Å². The van der Waals surface area contributed by atoms with Gasteiger partial charge in [0.2, 0.25) is 5.91 Å². The standard InChI is InChI=1S/C24H19ClF3N3O5/c1-29-22(33)20-11-16(8-9-30-20)36-15-5-2-13(3-6-15)17(23(34)35)12-21(32)31-14-4-7-19(25)18(10-14)24(26,27)28/h2-11,17H,12H2,1H3,(H,29,33)(H,31,32)(H,34,35). The number of aromatic nitrogens is 1. The lowest BCUT2D eigenvalue weighted by Gasteiger charge is -2.15. The van der Waals surface area contributed by atoms with E-state index in [0.29, 0.717) is 17.6 Å². The summed E-state index contributed by atoms with van der Waals surface area (Å²) in [5, 5.41) is 13.8. The van der Waals surface area contributed by atoms with Crippen LogP contribution in [0.4, 0.5) is 18.9 Å². The number of rotatable bonds is 8. The zero-order valence-electron chi connectivity index (χ0n) is 18.6. The van der Waals surface area contributed by atoms with Gasteiger partial charge in [-0.15, -0.1) is 0 Å². The smallest absolute Gasteiger partial charge is 0.417 e. The van der Waals surface area contributed by atoms with Crippen LogP contribution in [0.1, 0.15) is 34.0 Å². The largest absolute Gasteiger partial charge is 0.481 e. The lowest BCUT2D eigenvalue weighted by molar-refractivity contribution is -0.140. The molecule has 0 bridgehead atoms. The van der Waals surface area contributed by atoms with Gasteiger partial charge in [-0.3, -0.25) is 19.4 Å². The van der Waals surface area contributed by atoms with Crippen molar-refractivity contribution in [2.75, 3.05) is 12.4 Å². The molecule has 1 unspecified atom stereocenters. The molecule has 0 saturated carbocycles. The number of carbonyl (C=O) groups excluding carboxylic acids is 2. The molecular formula is C24H19ClF3N3O5. The highest BCUT2D eigenvalue weighted by Crippen LogP contribution is 2.36. The van der Waals surface area contributed by atoms with Gasteiger partial charge in [-0.1, -0.05) is 23.7 Å². The number of benzene rings is 2. The van der Waals surface area contributed by atoms with Crippen LogP contribution < -0.4 is 15.4 Å². The lowest BCUT2D eigenvalue weighted by Crippen LogP contribution is -2.21. The molecule has 36 heavy (non-hydrogen) atoms. The molecule has 0 fully saturated rings. The second-order valence-corrected chi connectivity index (χ2v) is 7.87. The molecular weight excluding hydrogens is 503 g/mol. The normalized spacial score (nSPS) is 11.9. The van der Waals surface area contributed by atoms with Crippen LogP contribution in [0.15, 0.2) is 60.8 Å². The molecule has 0 spiro atoms. The minimum atomic E-state index is -4.72. The summed E-state index contributed by atoms with van der Waals surface area (Å²) in [4.78, 5) is 39.9. The maximum absolute atomic E-state index is 13.0. The highest BCUT2D eigenvalue weighted by atomic mass is 35.5. The number of nitrogens with one attached hydrogen (secondary N) is 2. The quantitative estimate of drug-likeness (QED) is 0.379. The molecule has 188 valence electrons. The number of carboxylic acid groups (broad SMARTS) is 1. The highest BCUT2D eigenvalue weighted by Gasteiger charge is 2.33. The molecule has 1 aromatic heterocycles. The summed E-state index contributed by atoms with van der Waals surface area (Å²) >= 11 is 5.57. The van der Waals surface area contributed by atoms with E-state index in [1.807, 2.05) is 0 Å². The highest BCUT2D eigenvalue weighted by molar-refractivity contribution is 6.31. The molecule has 1 heterocycles. The van der Waals surface area contributed by atoms with Crippen LogP contribution in [-0.2, 0) is 15.8 Å². The number of pyridine rings is 1. The average Bonchev–Trinajstić information content (AvgIpc) is 2.83. The van der Waals surface area contributed by atoms with Crippen molar-refractivity contribution in [2.24, 2.45) is 0 Å². The van der Waals surface area contributed by atoms with E-state index in [2.05, 4.69) is 15.6 Å². The van der Waals surface area contributed by atoms with Gasteiger partial charge < -0.3 is 20.5 Å². The molecule has 2 aromatic carbocycles. The zero-order chi connectivity index (χ0) is 26.5. The number of carboxylic acids is 1. The number of hydrogen-bond acceptors (Lipinski definition) is 5. The summed E-state index contributed by atoms with van der Waals surface area (Å²) in [5.41, 5.74) is -0.869. The van der Waals surface area contributed by atoms with Crippen molar-refractivity contribution in [3.8, 4) is 11.5 Å². The maximum atomic E-state index is 13.0. The molecule has 12 heteroatoms. The number of amides is 2. The van der Waals surface area contributed by atoms with E-state index >= 15 is 0 Å². The Morgan fingerprint density at radius 1 is 1.06 bits per heavy atom. The molecule has 0 aliphatic rings. The van der Waals surface area contributed by atoms with E-state index in [1.165, 1.54) is 55.7 Å². The Balaban J connectivity index is 1.70. The second-order valence-electron chi connectivity index (χ2n) is 7.46. The fourth-order valence-electron chi connectivity index (χ4n) is 3.20. The van der Waals surface area contributed by atoms with E-state index in [9.17, 15) is 32.7 Å². The van der Waals surface area contributed by atoms with Crippen LogP contribution in [0.2, 0.25) is 5.02 Å². The third-order valence-corrected chi connectivity index (χ3v) is 5.28. The monoisotopic (exact) mass is 521 g/mol. The van der Waals surface area contributed by atoms with Gasteiger partial charge in [0.25, 0.3) is 5.91 Å². The average molecular weight is 522 g/mol. The number of nitrogens with zero attached hydrogens (tertiary/aromatic N) is 1. The van der Waals surface area contributed by atoms with Crippen molar-refractivity contribution in [3.63, 3.8) is 0 Å². The topological polar surface area (TPSA) is 118 Å². The third kappa shape index (κ3) is 6.72. The fourth-order valence-corrected chi connectivity index (χ4v) is 3.42. The number of carbonyl (C=O) groups is 3. The van der Waals surface area contributed by atoms with Crippen LogP contribution in [0, 0.1) is 0 Å².